The molecule has 0 amide bonds. The molecule has 6 nitrogen and oxygen atoms in total. The van der Waals surface area contributed by atoms with Crippen molar-refractivity contribution in [2.24, 2.45) is 0 Å². The average Bonchev–Trinajstić information content (AvgIpc) is 3.00. The Bertz CT molecular complexity index is 1970. The van der Waals surface area contributed by atoms with Crippen molar-refractivity contribution in [1.29, 1.82) is 0 Å². The number of hydrogen-bond acceptors (Lipinski definition) is 6. The van der Waals surface area contributed by atoms with Crippen molar-refractivity contribution < 1.29 is 6.85 Å². The molecule has 6 heteroatoms. The van der Waals surface area contributed by atoms with Gasteiger partial charge in [-0.1, -0.05) is 12.1 Å². The third-order valence-electron chi connectivity index (χ3n) is 7.47. The van der Waals surface area contributed by atoms with Gasteiger partial charge in [-0.3, -0.25) is 0 Å². The Hall–Kier alpha value is -4.32. The molecule has 7 rings (SSSR count). The number of hydrogen-bond donors (Lipinski definition) is 0. The van der Waals surface area contributed by atoms with Gasteiger partial charge >= 0.3 is 0 Å². The molecule has 180 valence electrons. The van der Waals surface area contributed by atoms with Gasteiger partial charge in [0.1, 0.15) is 33.1 Å². The lowest BCUT2D eigenvalue weighted by Gasteiger charge is -2.14. The highest BCUT2D eigenvalue weighted by atomic mass is 14.9. The van der Waals surface area contributed by atoms with E-state index in [1.54, 1.807) is 20.8 Å². The van der Waals surface area contributed by atoms with Crippen LogP contribution in [0.15, 0.2) is 30.2 Å². The fraction of sp³-hybridized carbons (Fsp3) is 0.226. The maximum Gasteiger partial charge on any atom is 0.120 e. The van der Waals surface area contributed by atoms with Gasteiger partial charge in [0.2, 0.25) is 0 Å². The van der Waals surface area contributed by atoms with Crippen LogP contribution in [0.5, 0.6) is 0 Å². The summed E-state index contributed by atoms with van der Waals surface area (Å²) in [6.07, 6.45) is 0. The topological polar surface area (TPSA) is 77.3 Å². The van der Waals surface area contributed by atoms with E-state index in [1.807, 2.05) is 27.7 Å². The Balaban J connectivity index is 1.84. The molecule has 3 heterocycles. The lowest BCUT2D eigenvalue weighted by molar-refractivity contribution is 1.25. The molecular weight excluding hydrogens is 456 g/mol. The van der Waals surface area contributed by atoms with Gasteiger partial charge in [-0.25, -0.2) is 29.9 Å². The first-order valence-corrected chi connectivity index (χ1v) is 12.2. The molecule has 0 spiro atoms. The highest BCUT2D eigenvalue weighted by molar-refractivity contribution is 6.21. The normalized spacial score (nSPS) is 14.1. The number of benzene rings is 4. The minimum atomic E-state index is -0.0263. The summed E-state index contributed by atoms with van der Waals surface area (Å²) in [4.78, 5) is 29.8. The first kappa shape index (κ1) is 17.2. The van der Waals surface area contributed by atoms with Crippen LogP contribution in [0.4, 0.5) is 0 Å². The maximum absolute atomic E-state index is 8.87. The molecule has 0 radical (unpaired) electrons. The lowest BCUT2D eigenvalue weighted by atomic mass is 10.0. The third-order valence-corrected chi connectivity index (χ3v) is 7.47. The smallest absolute Gasteiger partial charge is 0.120 e. The molecule has 0 fully saturated rings. The number of aryl methyl sites for hydroxylation is 3. The fourth-order valence-electron chi connectivity index (χ4n) is 5.05. The first-order chi connectivity index (χ1) is 19.8. The van der Waals surface area contributed by atoms with Crippen molar-refractivity contribution in [3.05, 3.63) is 69.2 Å². The fourth-order valence-corrected chi connectivity index (χ4v) is 5.05. The second-order valence-corrected chi connectivity index (χ2v) is 9.85. The van der Waals surface area contributed by atoms with Crippen molar-refractivity contribution in [2.75, 3.05) is 0 Å². The van der Waals surface area contributed by atoms with Crippen LogP contribution < -0.4 is 0 Å². The van der Waals surface area contributed by atoms with E-state index >= 15 is 0 Å². The van der Waals surface area contributed by atoms with Crippen molar-refractivity contribution in [3.63, 3.8) is 0 Å². The summed E-state index contributed by atoms with van der Waals surface area (Å²) < 4.78 is 43.3. The zero-order chi connectivity index (χ0) is 30.1. The third kappa shape index (κ3) is 2.99. The van der Waals surface area contributed by atoms with E-state index in [9.17, 15) is 0 Å². The number of rotatable bonds is 0. The Morgan fingerprint density at radius 3 is 1.57 bits per heavy atom. The maximum atomic E-state index is 8.87. The van der Waals surface area contributed by atoms with Gasteiger partial charge in [0.15, 0.2) is 0 Å². The zero-order valence-corrected chi connectivity index (χ0v) is 21.7. The summed E-state index contributed by atoms with van der Waals surface area (Å²) >= 11 is 0. The molecule has 4 aromatic carbocycles. The zero-order valence-electron chi connectivity index (χ0n) is 26.7. The quantitative estimate of drug-likeness (QED) is 0.165. The molecular formula is C31H26N6. The van der Waals surface area contributed by atoms with Gasteiger partial charge in [-0.15, -0.1) is 0 Å². The summed E-state index contributed by atoms with van der Waals surface area (Å²) in [6.45, 7) is 13.0. The molecule has 0 N–H and O–H groups in total. The van der Waals surface area contributed by atoms with Gasteiger partial charge in [0.25, 0.3) is 0 Å². The van der Waals surface area contributed by atoms with E-state index in [4.69, 9.17) is 36.8 Å². The van der Waals surface area contributed by atoms with Crippen molar-refractivity contribution >= 4 is 66.2 Å². The van der Waals surface area contributed by atoms with E-state index in [1.165, 1.54) is 0 Å². The Kier molecular flexibility index (Phi) is 3.42. The molecule has 3 aromatic heterocycles. The molecule has 0 aliphatic rings. The number of nitrogens with zero attached hydrogens (tertiary/aromatic N) is 6. The SMILES string of the molecule is [3H]c1c(C)c(C)c2nc3c(nc2c1[3H])c1nc2c([3H])c(C)c([3H])c(C)c2nc1c1nc2c([3H])c(C)c(C)c(C)c2nc13. The molecule has 0 unspecified atom stereocenters. The molecule has 0 saturated heterocycles. The molecule has 0 aliphatic heterocycles. The average molecular weight is 493 g/mol. The molecule has 7 aromatic rings. The van der Waals surface area contributed by atoms with Crippen LogP contribution in [0.25, 0.3) is 66.2 Å². The molecule has 0 atom stereocenters. The van der Waals surface area contributed by atoms with Crippen LogP contribution in [0.2, 0.25) is 0 Å². The minimum Gasteiger partial charge on any atom is -0.242 e. The van der Waals surface area contributed by atoms with E-state index in [0.29, 0.717) is 77.4 Å². The van der Waals surface area contributed by atoms with E-state index in [2.05, 4.69) is 0 Å². The van der Waals surface area contributed by atoms with Gasteiger partial charge in [-0.05, 0) is 106 Å². The lowest BCUT2D eigenvalue weighted by Crippen LogP contribution is -2.01. The van der Waals surface area contributed by atoms with Crippen molar-refractivity contribution in [2.45, 2.75) is 48.5 Å². The van der Waals surface area contributed by atoms with E-state index < -0.39 is 0 Å². The van der Waals surface area contributed by atoms with Crippen LogP contribution in [-0.4, -0.2) is 29.9 Å². The van der Waals surface area contributed by atoms with Crippen LogP contribution >= 0.6 is 0 Å². The van der Waals surface area contributed by atoms with Gasteiger partial charge in [-0.2, -0.15) is 0 Å². The largest absolute Gasteiger partial charge is 0.242 e. The van der Waals surface area contributed by atoms with Crippen LogP contribution in [0.3, 0.4) is 0 Å². The predicted octanol–water partition coefficient (Wildman–Crippen LogP) is 7.13. The Labute approximate surface area is 220 Å². The van der Waals surface area contributed by atoms with Gasteiger partial charge < -0.3 is 0 Å². The van der Waals surface area contributed by atoms with E-state index in [0.717, 1.165) is 22.3 Å². The second-order valence-electron chi connectivity index (χ2n) is 9.85. The number of fused-ring (bicyclic) bond motifs is 9. The summed E-state index contributed by atoms with van der Waals surface area (Å²) in [5, 5.41) is 0. The molecule has 0 saturated carbocycles. The summed E-state index contributed by atoms with van der Waals surface area (Å²) in [5.74, 6) is 0. The molecule has 0 aliphatic carbocycles. The molecule has 37 heavy (non-hydrogen) atoms. The van der Waals surface area contributed by atoms with Crippen molar-refractivity contribution in [3.8, 4) is 0 Å². The number of aromatic nitrogens is 6. The van der Waals surface area contributed by atoms with Gasteiger partial charge in [0.05, 0.1) is 40.0 Å². The van der Waals surface area contributed by atoms with Crippen LogP contribution in [-0.2, 0) is 0 Å². The highest BCUT2D eigenvalue weighted by Crippen LogP contribution is 2.35. The highest BCUT2D eigenvalue weighted by Gasteiger charge is 2.20. The monoisotopic (exact) mass is 492 g/mol. The van der Waals surface area contributed by atoms with Gasteiger partial charge in [0, 0.05) is 0 Å². The van der Waals surface area contributed by atoms with E-state index in [-0.39, 0.29) is 35.7 Å². The van der Waals surface area contributed by atoms with Crippen LogP contribution in [0, 0.1) is 48.5 Å². The summed E-state index contributed by atoms with van der Waals surface area (Å²) in [6, 6.07) is 0.695. The first-order valence-electron chi connectivity index (χ1n) is 14.7. The minimum absolute atomic E-state index is 0.0263. The predicted molar refractivity (Wildman–Crippen MR) is 151 cm³/mol. The molecule has 0 bridgehead atoms. The summed E-state index contributed by atoms with van der Waals surface area (Å²) in [5.41, 5.74) is 10.1. The Morgan fingerprint density at radius 2 is 0.919 bits per heavy atom. The van der Waals surface area contributed by atoms with Crippen molar-refractivity contribution in [1.82, 2.24) is 29.9 Å². The summed E-state index contributed by atoms with van der Waals surface area (Å²) in [7, 11) is 0. The Morgan fingerprint density at radius 1 is 0.405 bits per heavy atom. The standard InChI is InChI=1S/C31H26N6/c1-13-10-16(4)23-21(11-13)33-27-26-30(36-24-18(6)14(2)8-9-20(24)32-26)31-28(29(27)35-23)34-22-12-15(3)17(5)19(7)25(22)37-31/h8-12H,1-7H3/i8T,9T,10T,11T,12T. The second kappa shape index (κ2) is 7.35. The van der Waals surface area contributed by atoms with Crippen LogP contribution in [0.1, 0.15) is 45.8 Å².